The lowest BCUT2D eigenvalue weighted by Crippen LogP contribution is -2.18. The SMILES string of the molecule is Cc1c([N+](=O)[O-])cc(N2CCCC2)cc1[N+](=O)[O-]. The van der Waals surface area contributed by atoms with E-state index in [9.17, 15) is 20.2 Å². The number of hydrogen-bond acceptors (Lipinski definition) is 5. The van der Waals surface area contributed by atoms with Gasteiger partial charge in [-0.2, -0.15) is 0 Å². The summed E-state index contributed by atoms with van der Waals surface area (Å²) in [5.41, 5.74) is 0.293. The highest BCUT2D eigenvalue weighted by Crippen LogP contribution is 2.34. The molecule has 1 aliphatic rings. The van der Waals surface area contributed by atoms with Crippen LogP contribution in [0.3, 0.4) is 0 Å². The summed E-state index contributed by atoms with van der Waals surface area (Å²) in [6.07, 6.45) is 2.02. The van der Waals surface area contributed by atoms with Gasteiger partial charge in [0.15, 0.2) is 0 Å². The Hall–Kier alpha value is -2.18. The zero-order valence-electron chi connectivity index (χ0n) is 9.96. The van der Waals surface area contributed by atoms with Crippen molar-refractivity contribution in [2.75, 3.05) is 18.0 Å². The fourth-order valence-electron chi connectivity index (χ4n) is 2.21. The smallest absolute Gasteiger partial charge is 0.281 e. The second-order valence-electron chi connectivity index (χ2n) is 4.32. The van der Waals surface area contributed by atoms with Crippen LogP contribution in [-0.4, -0.2) is 22.9 Å². The summed E-state index contributed by atoms with van der Waals surface area (Å²) in [5, 5.41) is 21.9. The van der Waals surface area contributed by atoms with Gasteiger partial charge in [-0.05, 0) is 19.8 Å². The Kier molecular flexibility index (Phi) is 3.14. The normalized spacial score (nSPS) is 14.8. The molecule has 96 valence electrons. The molecule has 18 heavy (non-hydrogen) atoms. The number of anilines is 1. The van der Waals surface area contributed by atoms with Crippen molar-refractivity contribution >= 4 is 17.1 Å². The zero-order valence-corrected chi connectivity index (χ0v) is 9.96. The number of hydrogen-bond donors (Lipinski definition) is 0. The number of benzene rings is 1. The van der Waals surface area contributed by atoms with Crippen LogP contribution in [0.25, 0.3) is 0 Å². The van der Waals surface area contributed by atoms with Crippen LogP contribution in [0.2, 0.25) is 0 Å². The maximum atomic E-state index is 10.9. The van der Waals surface area contributed by atoms with Crippen LogP contribution in [0.1, 0.15) is 18.4 Å². The van der Waals surface area contributed by atoms with E-state index in [-0.39, 0.29) is 16.9 Å². The van der Waals surface area contributed by atoms with Gasteiger partial charge in [0, 0.05) is 25.2 Å². The minimum absolute atomic E-state index is 0.105. The van der Waals surface area contributed by atoms with Crippen molar-refractivity contribution in [1.29, 1.82) is 0 Å². The fourth-order valence-corrected chi connectivity index (χ4v) is 2.21. The van der Waals surface area contributed by atoms with Crippen LogP contribution in [0, 0.1) is 27.2 Å². The zero-order chi connectivity index (χ0) is 13.3. The number of nitro groups is 2. The van der Waals surface area contributed by atoms with Crippen LogP contribution >= 0.6 is 0 Å². The Bertz CT molecular complexity index is 474. The molecule has 1 saturated heterocycles. The summed E-state index contributed by atoms with van der Waals surface area (Å²) in [5.74, 6) is 0. The van der Waals surface area contributed by atoms with E-state index in [1.165, 1.54) is 19.1 Å². The topological polar surface area (TPSA) is 89.5 Å². The predicted molar refractivity (Wildman–Crippen MR) is 65.9 cm³/mol. The lowest BCUT2D eigenvalue weighted by molar-refractivity contribution is -0.395. The monoisotopic (exact) mass is 251 g/mol. The van der Waals surface area contributed by atoms with Gasteiger partial charge in [0.2, 0.25) is 0 Å². The van der Waals surface area contributed by atoms with E-state index in [4.69, 9.17) is 0 Å². The van der Waals surface area contributed by atoms with Crippen molar-refractivity contribution in [3.63, 3.8) is 0 Å². The van der Waals surface area contributed by atoms with Gasteiger partial charge in [0.25, 0.3) is 11.4 Å². The Labute approximate surface area is 103 Å². The molecular weight excluding hydrogens is 238 g/mol. The number of nitrogens with zero attached hydrogens (tertiary/aromatic N) is 3. The predicted octanol–water partition coefficient (Wildman–Crippen LogP) is 2.41. The Morgan fingerprint density at radius 1 is 1.06 bits per heavy atom. The molecule has 1 heterocycles. The van der Waals surface area contributed by atoms with Crippen molar-refractivity contribution < 1.29 is 9.85 Å². The summed E-state index contributed by atoms with van der Waals surface area (Å²) in [7, 11) is 0. The molecule has 7 heteroatoms. The van der Waals surface area contributed by atoms with Gasteiger partial charge in [-0.15, -0.1) is 0 Å². The van der Waals surface area contributed by atoms with E-state index in [0.717, 1.165) is 25.9 Å². The first-order valence-corrected chi connectivity index (χ1v) is 5.69. The van der Waals surface area contributed by atoms with Gasteiger partial charge in [-0.1, -0.05) is 0 Å². The Balaban J connectivity index is 2.54. The highest BCUT2D eigenvalue weighted by molar-refractivity contribution is 5.65. The standard InChI is InChI=1S/C11H13N3O4/c1-8-10(13(15)16)6-9(7-11(8)14(17)18)12-4-2-3-5-12/h6-7H,2-5H2,1H3. The molecule has 0 unspecified atom stereocenters. The number of nitro benzene ring substituents is 2. The van der Waals surface area contributed by atoms with Gasteiger partial charge in [-0.3, -0.25) is 20.2 Å². The lowest BCUT2D eigenvalue weighted by Gasteiger charge is -2.17. The van der Waals surface area contributed by atoms with E-state index in [1.807, 2.05) is 4.90 Å². The third kappa shape index (κ3) is 2.11. The van der Waals surface area contributed by atoms with Crippen molar-refractivity contribution in [2.24, 2.45) is 0 Å². The minimum atomic E-state index is -0.568. The molecule has 0 bridgehead atoms. The van der Waals surface area contributed by atoms with Crippen LogP contribution in [0.15, 0.2) is 12.1 Å². The minimum Gasteiger partial charge on any atom is -0.371 e. The molecule has 7 nitrogen and oxygen atoms in total. The Morgan fingerprint density at radius 3 is 1.89 bits per heavy atom. The van der Waals surface area contributed by atoms with E-state index >= 15 is 0 Å². The van der Waals surface area contributed by atoms with Gasteiger partial charge in [0.1, 0.15) is 5.56 Å². The average Bonchev–Trinajstić information content (AvgIpc) is 2.82. The number of rotatable bonds is 3. The second kappa shape index (κ2) is 4.59. The summed E-state index contributed by atoms with van der Waals surface area (Å²) >= 11 is 0. The molecule has 2 rings (SSSR count). The van der Waals surface area contributed by atoms with Gasteiger partial charge in [-0.25, -0.2) is 0 Å². The average molecular weight is 251 g/mol. The first-order chi connectivity index (χ1) is 8.50. The summed E-state index contributed by atoms with van der Waals surface area (Å²) in [4.78, 5) is 22.7. The summed E-state index contributed by atoms with van der Waals surface area (Å²) < 4.78 is 0. The van der Waals surface area contributed by atoms with Gasteiger partial charge < -0.3 is 4.90 Å². The molecule has 0 aliphatic carbocycles. The summed E-state index contributed by atoms with van der Waals surface area (Å²) in [6, 6.07) is 2.85. The third-order valence-corrected chi connectivity index (χ3v) is 3.20. The van der Waals surface area contributed by atoms with Crippen LogP contribution in [-0.2, 0) is 0 Å². The van der Waals surface area contributed by atoms with Crippen molar-refractivity contribution in [2.45, 2.75) is 19.8 Å². The van der Waals surface area contributed by atoms with Crippen LogP contribution < -0.4 is 4.90 Å². The van der Waals surface area contributed by atoms with E-state index in [2.05, 4.69) is 0 Å². The first kappa shape index (κ1) is 12.3. The first-order valence-electron chi connectivity index (χ1n) is 5.69. The quantitative estimate of drug-likeness (QED) is 0.607. The van der Waals surface area contributed by atoms with Gasteiger partial charge >= 0.3 is 0 Å². The molecular formula is C11H13N3O4. The van der Waals surface area contributed by atoms with Crippen molar-refractivity contribution in [3.05, 3.63) is 37.9 Å². The summed E-state index contributed by atoms with van der Waals surface area (Å²) in [6.45, 7) is 2.98. The molecule has 0 saturated carbocycles. The maximum absolute atomic E-state index is 10.9. The Morgan fingerprint density at radius 2 is 1.50 bits per heavy atom. The molecule has 1 aromatic rings. The van der Waals surface area contributed by atoms with E-state index in [1.54, 1.807) is 0 Å². The molecule has 1 fully saturated rings. The highest BCUT2D eigenvalue weighted by atomic mass is 16.6. The third-order valence-electron chi connectivity index (χ3n) is 3.20. The van der Waals surface area contributed by atoms with Crippen molar-refractivity contribution in [3.8, 4) is 0 Å². The molecule has 0 N–H and O–H groups in total. The fraction of sp³-hybridized carbons (Fsp3) is 0.455. The highest BCUT2D eigenvalue weighted by Gasteiger charge is 2.25. The molecule has 0 spiro atoms. The molecule has 0 amide bonds. The second-order valence-corrected chi connectivity index (χ2v) is 4.32. The lowest BCUT2D eigenvalue weighted by atomic mass is 10.1. The molecule has 1 aliphatic heterocycles. The largest absolute Gasteiger partial charge is 0.371 e. The molecule has 0 radical (unpaired) electrons. The van der Waals surface area contributed by atoms with Crippen molar-refractivity contribution in [1.82, 2.24) is 0 Å². The van der Waals surface area contributed by atoms with Gasteiger partial charge in [0.05, 0.1) is 15.5 Å². The maximum Gasteiger partial charge on any atom is 0.281 e. The van der Waals surface area contributed by atoms with Crippen LogP contribution in [0.4, 0.5) is 17.1 Å². The molecule has 1 aromatic carbocycles. The van der Waals surface area contributed by atoms with E-state index in [0.29, 0.717) is 5.69 Å². The molecule has 0 aromatic heterocycles. The van der Waals surface area contributed by atoms with Crippen LogP contribution in [0.5, 0.6) is 0 Å². The molecule has 0 atom stereocenters. The van der Waals surface area contributed by atoms with E-state index < -0.39 is 9.85 Å².